The fraction of sp³-hybridized carbons (Fsp3) is 0.143. The van der Waals surface area contributed by atoms with Gasteiger partial charge in [0, 0.05) is 30.4 Å². The molecule has 1 aliphatic heterocycles. The van der Waals surface area contributed by atoms with Crippen molar-refractivity contribution in [3.8, 4) is 5.75 Å². The molecule has 0 spiro atoms. The number of nitro groups is 1. The van der Waals surface area contributed by atoms with E-state index in [9.17, 15) is 19.7 Å². The van der Waals surface area contributed by atoms with Crippen LogP contribution in [0.15, 0.2) is 61.2 Å². The molecule has 2 amide bonds. The van der Waals surface area contributed by atoms with Crippen LogP contribution in [0.2, 0.25) is 0 Å². The quantitative estimate of drug-likeness (QED) is 0.350. The third-order valence-corrected chi connectivity index (χ3v) is 4.28. The molecule has 2 aromatic rings. The van der Waals surface area contributed by atoms with E-state index in [1.165, 1.54) is 18.2 Å². The standard InChI is InChI=1S/C21H19N3O5/c1-3-12-23-18-13-16(7-10-19(18)29-14(2)21(23)26)22-20(25)11-6-15-4-8-17(9-5-15)24(27)28/h3-11,13-14H,1,12H2,2H3,(H,22,25)/b11-6+. The van der Waals surface area contributed by atoms with Crippen molar-refractivity contribution < 1.29 is 19.2 Å². The van der Waals surface area contributed by atoms with Crippen molar-refractivity contribution in [3.63, 3.8) is 0 Å². The zero-order chi connectivity index (χ0) is 21.0. The Labute approximate surface area is 167 Å². The lowest BCUT2D eigenvalue weighted by molar-refractivity contribution is -0.384. The van der Waals surface area contributed by atoms with Gasteiger partial charge in [-0.25, -0.2) is 0 Å². The minimum Gasteiger partial charge on any atom is -0.479 e. The van der Waals surface area contributed by atoms with Crippen molar-refractivity contribution in [2.24, 2.45) is 0 Å². The van der Waals surface area contributed by atoms with E-state index < -0.39 is 11.0 Å². The molecule has 8 nitrogen and oxygen atoms in total. The zero-order valence-electron chi connectivity index (χ0n) is 15.7. The summed E-state index contributed by atoms with van der Waals surface area (Å²) in [6.07, 6.45) is 3.91. The van der Waals surface area contributed by atoms with Crippen LogP contribution < -0.4 is 15.0 Å². The Hall–Kier alpha value is -3.94. The van der Waals surface area contributed by atoms with Gasteiger partial charge < -0.3 is 15.0 Å². The lowest BCUT2D eigenvalue weighted by Crippen LogP contribution is -2.44. The van der Waals surface area contributed by atoms with E-state index in [4.69, 9.17) is 4.74 Å². The molecule has 1 heterocycles. The third-order valence-electron chi connectivity index (χ3n) is 4.28. The van der Waals surface area contributed by atoms with E-state index in [2.05, 4.69) is 11.9 Å². The highest BCUT2D eigenvalue weighted by molar-refractivity contribution is 6.04. The van der Waals surface area contributed by atoms with Crippen molar-refractivity contribution in [1.29, 1.82) is 0 Å². The summed E-state index contributed by atoms with van der Waals surface area (Å²) in [6, 6.07) is 10.9. The molecule has 148 valence electrons. The molecule has 29 heavy (non-hydrogen) atoms. The van der Waals surface area contributed by atoms with Crippen LogP contribution in [0.3, 0.4) is 0 Å². The first-order valence-electron chi connectivity index (χ1n) is 8.85. The number of nitrogens with zero attached hydrogens (tertiary/aromatic N) is 2. The molecule has 0 aliphatic carbocycles. The average Bonchev–Trinajstić information content (AvgIpc) is 2.70. The summed E-state index contributed by atoms with van der Waals surface area (Å²) < 4.78 is 5.61. The van der Waals surface area contributed by atoms with Gasteiger partial charge in [0.1, 0.15) is 5.75 Å². The molecule has 0 bridgehead atoms. The average molecular weight is 393 g/mol. The second kappa shape index (κ2) is 8.39. The van der Waals surface area contributed by atoms with Crippen LogP contribution >= 0.6 is 0 Å². The van der Waals surface area contributed by atoms with Gasteiger partial charge in [0.25, 0.3) is 11.6 Å². The molecule has 0 radical (unpaired) electrons. The van der Waals surface area contributed by atoms with E-state index in [0.717, 1.165) is 0 Å². The summed E-state index contributed by atoms with van der Waals surface area (Å²) in [4.78, 5) is 36.3. The van der Waals surface area contributed by atoms with E-state index >= 15 is 0 Å². The fourth-order valence-corrected chi connectivity index (χ4v) is 2.87. The minimum absolute atomic E-state index is 0.0178. The van der Waals surface area contributed by atoms with Crippen LogP contribution in [0.4, 0.5) is 17.1 Å². The fourth-order valence-electron chi connectivity index (χ4n) is 2.87. The smallest absolute Gasteiger partial charge is 0.269 e. The van der Waals surface area contributed by atoms with Crippen molar-refractivity contribution in [2.75, 3.05) is 16.8 Å². The maximum Gasteiger partial charge on any atom is 0.269 e. The first-order chi connectivity index (χ1) is 13.9. The molecule has 1 aliphatic rings. The molecule has 2 aromatic carbocycles. The lowest BCUT2D eigenvalue weighted by atomic mass is 10.1. The molecule has 1 atom stereocenters. The van der Waals surface area contributed by atoms with Gasteiger partial charge in [-0.15, -0.1) is 6.58 Å². The summed E-state index contributed by atoms with van der Waals surface area (Å²) >= 11 is 0. The number of amides is 2. The highest BCUT2D eigenvalue weighted by Crippen LogP contribution is 2.36. The summed E-state index contributed by atoms with van der Waals surface area (Å²) in [5.41, 5.74) is 1.70. The van der Waals surface area contributed by atoms with E-state index in [1.807, 2.05) is 0 Å². The molecule has 3 rings (SSSR count). The Kier molecular flexibility index (Phi) is 5.73. The van der Waals surface area contributed by atoms with Crippen molar-refractivity contribution in [2.45, 2.75) is 13.0 Å². The van der Waals surface area contributed by atoms with Crippen LogP contribution in [0.25, 0.3) is 6.08 Å². The molecule has 0 fully saturated rings. The first-order valence-corrected chi connectivity index (χ1v) is 8.85. The Bertz CT molecular complexity index is 998. The number of ether oxygens (including phenoxy) is 1. The number of hydrogen-bond donors (Lipinski definition) is 1. The highest BCUT2D eigenvalue weighted by Gasteiger charge is 2.30. The van der Waals surface area contributed by atoms with Crippen LogP contribution in [0, 0.1) is 10.1 Å². The number of hydrogen-bond acceptors (Lipinski definition) is 5. The maximum atomic E-state index is 12.3. The number of anilines is 2. The van der Waals surface area contributed by atoms with Crippen LogP contribution in [-0.2, 0) is 9.59 Å². The molecular weight excluding hydrogens is 374 g/mol. The van der Waals surface area contributed by atoms with E-state index in [-0.39, 0.29) is 17.5 Å². The topological polar surface area (TPSA) is 102 Å². The lowest BCUT2D eigenvalue weighted by Gasteiger charge is -2.32. The number of benzene rings is 2. The Morgan fingerprint density at radius 3 is 2.69 bits per heavy atom. The maximum absolute atomic E-state index is 12.3. The summed E-state index contributed by atoms with van der Waals surface area (Å²) in [7, 11) is 0. The second-order valence-electron chi connectivity index (χ2n) is 6.35. The van der Waals surface area contributed by atoms with Gasteiger partial charge in [-0.3, -0.25) is 19.7 Å². The van der Waals surface area contributed by atoms with Gasteiger partial charge in [0.15, 0.2) is 6.10 Å². The largest absolute Gasteiger partial charge is 0.479 e. The molecule has 0 aromatic heterocycles. The molecule has 1 N–H and O–H groups in total. The van der Waals surface area contributed by atoms with Gasteiger partial charge in [-0.1, -0.05) is 6.08 Å². The van der Waals surface area contributed by atoms with E-state index in [0.29, 0.717) is 29.2 Å². The van der Waals surface area contributed by atoms with Crippen molar-refractivity contribution >= 4 is 35.0 Å². The number of carbonyl (C=O) groups is 2. The van der Waals surface area contributed by atoms with Crippen molar-refractivity contribution in [3.05, 3.63) is 76.9 Å². The first kappa shape index (κ1) is 19.8. The number of carbonyl (C=O) groups excluding carboxylic acids is 2. The predicted molar refractivity (Wildman–Crippen MR) is 110 cm³/mol. The van der Waals surface area contributed by atoms with E-state index in [1.54, 1.807) is 54.3 Å². The van der Waals surface area contributed by atoms with Crippen LogP contribution in [-0.4, -0.2) is 29.4 Å². The van der Waals surface area contributed by atoms with Gasteiger partial charge in [0.05, 0.1) is 10.6 Å². The van der Waals surface area contributed by atoms with Gasteiger partial charge in [-0.05, 0) is 48.9 Å². The molecule has 0 saturated heterocycles. The molecule has 0 saturated carbocycles. The third kappa shape index (κ3) is 4.49. The van der Waals surface area contributed by atoms with Crippen LogP contribution in [0.1, 0.15) is 12.5 Å². The van der Waals surface area contributed by atoms with Crippen LogP contribution in [0.5, 0.6) is 5.75 Å². The number of nitro benzene ring substituents is 1. The van der Waals surface area contributed by atoms with Gasteiger partial charge >= 0.3 is 0 Å². The number of rotatable bonds is 6. The van der Waals surface area contributed by atoms with Gasteiger partial charge in [-0.2, -0.15) is 0 Å². The van der Waals surface area contributed by atoms with Gasteiger partial charge in [0.2, 0.25) is 5.91 Å². The Morgan fingerprint density at radius 2 is 2.03 bits per heavy atom. The molecular formula is C21H19N3O5. The van der Waals surface area contributed by atoms with Crippen molar-refractivity contribution in [1.82, 2.24) is 0 Å². The predicted octanol–water partition coefficient (Wildman–Crippen LogP) is 3.55. The highest BCUT2D eigenvalue weighted by atomic mass is 16.6. The zero-order valence-corrected chi connectivity index (χ0v) is 15.7. The normalized spacial score (nSPS) is 15.6. The summed E-state index contributed by atoms with van der Waals surface area (Å²) in [5, 5.41) is 13.4. The SMILES string of the molecule is C=CCN1C(=O)C(C)Oc2ccc(NC(=O)/C=C/c3ccc([N+](=O)[O-])cc3)cc21. The monoisotopic (exact) mass is 393 g/mol. The second-order valence-corrected chi connectivity index (χ2v) is 6.35. The Balaban J connectivity index is 1.73. The summed E-state index contributed by atoms with van der Waals surface area (Å²) in [5.74, 6) is -0.00712. The molecule has 1 unspecified atom stereocenters. The Morgan fingerprint density at radius 1 is 1.31 bits per heavy atom. The molecule has 8 heteroatoms. The summed E-state index contributed by atoms with van der Waals surface area (Å²) in [6.45, 7) is 5.69. The number of fused-ring (bicyclic) bond motifs is 1. The number of non-ortho nitro benzene ring substituents is 1. The number of nitrogens with one attached hydrogen (secondary N) is 1. The minimum atomic E-state index is -0.590.